The second-order valence-corrected chi connectivity index (χ2v) is 7.25. The molecule has 1 aliphatic heterocycles. The molecule has 0 radical (unpaired) electrons. The maximum atomic E-state index is 12.5. The normalized spacial score (nSPS) is 17.2. The van der Waals surface area contributed by atoms with Gasteiger partial charge in [0.05, 0.1) is 26.5 Å². The molecule has 0 unspecified atom stereocenters. The Bertz CT molecular complexity index is 818. The van der Waals surface area contributed by atoms with Gasteiger partial charge in [0.2, 0.25) is 0 Å². The third-order valence-electron chi connectivity index (χ3n) is 5.51. The lowest BCUT2D eigenvalue weighted by molar-refractivity contribution is 0.0767. The summed E-state index contributed by atoms with van der Waals surface area (Å²) in [5.41, 5.74) is 1.52. The van der Waals surface area contributed by atoms with E-state index in [4.69, 9.17) is 9.47 Å². The largest absolute Gasteiger partial charge is 0.493 e. The number of amides is 1. The summed E-state index contributed by atoms with van der Waals surface area (Å²) in [6.45, 7) is 7.91. The fourth-order valence-corrected chi connectivity index (χ4v) is 3.94. The first-order valence-electron chi connectivity index (χ1n) is 10.2. The summed E-state index contributed by atoms with van der Waals surface area (Å²) in [6, 6.07) is 6.17. The molecule has 0 spiro atoms. The average molecular weight is 402 g/mol. The van der Waals surface area contributed by atoms with Gasteiger partial charge in [0, 0.05) is 31.7 Å². The minimum atomic E-state index is -0.0602. The average Bonchev–Trinajstić information content (AvgIpc) is 3.25. The van der Waals surface area contributed by atoms with Gasteiger partial charge in [-0.2, -0.15) is 0 Å². The van der Waals surface area contributed by atoms with E-state index in [1.807, 2.05) is 30.7 Å². The number of hydrogen-bond donors (Lipinski definition) is 0. The van der Waals surface area contributed by atoms with Crippen LogP contribution in [0.3, 0.4) is 0 Å². The number of rotatable bonds is 8. The maximum absolute atomic E-state index is 12.5. The Morgan fingerprint density at radius 3 is 2.72 bits per heavy atom. The molecule has 1 amide bonds. The van der Waals surface area contributed by atoms with Gasteiger partial charge in [-0.1, -0.05) is 17.3 Å². The highest BCUT2D eigenvalue weighted by Crippen LogP contribution is 2.32. The van der Waals surface area contributed by atoms with Crippen LogP contribution >= 0.6 is 0 Å². The van der Waals surface area contributed by atoms with Crippen LogP contribution in [-0.2, 0) is 6.54 Å². The quantitative estimate of drug-likeness (QED) is 0.677. The molecule has 1 aromatic heterocycles. The number of piperidine rings is 1. The lowest BCUT2D eigenvalue weighted by Crippen LogP contribution is -2.36. The fraction of sp³-hybridized carbons (Fsp3) is 0.571. The monoisotopic (exact) mass is 401 g/mol. The standard InChI is InChI=1S/C21H31N5O3/c1-5-25(6-2)21(27)18-15-26(23-22-18)17-10-8-12-24(14-17)13-16-9-7-11-19(28-3)20(16)29-4/h7,9,11,15,17H,5-6,8,10,12-14H2,1-4H3/t17-/m1/s1. The van der Waals surface area contributed by atoms with Crippen LogP contribution in [0.1, 0.15) is 48.8 Å². The van der Waals surface area contributed by atoms with Crippen LogP contribution in [0.4, 0.5) is 0 Å². The molecule has 2 heterocycles. The number of benzene rings is 1. The summed E-state index contributed by atoms with van der Waals surface area (Å²) in [7, 11) is 3.32. The smallest absolute Gasteiger partial charge is 0.276 e. The number of methoxy groups -OCH3 is 2. The zero-order valence-electron chi connectivity index (χ0n) is 17.8. The van der Waals surface area contributed by atoms with E-state index in [0.717, 1.165) is 49.5 Å². The number of nitrogens with zero attached hydrogens (tertiary/aromatic N) is 5. The second kappa shape index (κ2) is 9.73. The number of hydrogen-bond acceptors (Lipinski definition) is 6. The van der Waals surface area contributed by atoms with Gasteiger partial charge in [-0.05, 0) is 39.3 Å². The summed E-state index contributed by atoms with van der Waals surface area (Å²) in [5.74, 6) is 1.47. The van der Waals surface area contributed by atoms with Gasteiger partial charge in [0.25, 0.3) is 5.91 Å². The predicted octanol–water partition coefficient (Wildman–Crippen LogP) is 2.61. The highest BCUT2D eigenvalue weighted by molar-refractivity contribution is 5.91. The van der Waals surface area contributed by atoms with Crippen molar-refractivity contribution in [2.45, 2.75) is 39.3 Å². The van der Waals surface area contributed by atoms with Crippen LogP contribution in [0.2, 0.25) is 0 Å². The maximum Gasteiger partial charge on any atom is 0.276 e. The molecule has 8 nitrogen and oxygen atoms in total. The Hall–Kier alpha value is -2.61. The second-order valence-electron chi connectivity index (χ2n) is 7.25. The van der Waals surface area contributed by atoms with Gasteiger partial charge >= 0.3 is 0 Å². The zero-order valence-corrected chi connectivity index (χ0v) is 17.8. The molecule has 1 fully saturated rings. The first-order valence-corrected chi connectivity index (χ1v) is 10.2. The van der Waals surface area contributed by atoms with Gasteiger partial charge in [0.1, 0.15) is 0 Å². The SMILES string of the molecule is CCN(CC)C(=O)c1cn([C@@H]2CCCN(Cc3cccc(OC)c3OC)C2)nn1. The molecule has 29 heavy (non-hydrogen) atoms. The predicted molar refractivity (Wildman–Crippen MR) is 110 cm³/mol. The van der Waals surface area contributed by atoms with E-state index in [9.17, 15) is 4.79 Å². The van der Waals surface area contributed by atoms with Crippen molar-refractivity contribution in [1.29, 1.82) is 0 Å². The van der Waals surface area contributed by atoms with Crippen LogP contribution in [0.15, 0.2) is 24.4 Å². The van der Waals surface area contributed by atoms with Crippen LogP contribution < -0.4 is 9.47 Å². The third kappa shape index (κ3) is 4.70. The number of carbonyl (C=O) groups excluding carboxylic acids is 1. The molecule has 3 rings (SSSR count). The number of carbonyl (C=O) groups is 1. The van der Waals surface area contributed by atoms with E-state index in [0.29, 0.717) is 18.8 Å². The van der Waals surface area contributed by atoms with Crippen molar-refractivity contribution < 1.29 is 14.3 Å². The lowest BCUT2D eigenvalue weighted by atomic mass is 10.0. The number of likely N-dealkylation sites (tertiary alicyclic amines) is 1. The van der Waals surface area contributed by atoms with E-state index in [-0.39, 0.29) is 11.9 Å². The lowest BCUT2D eigenvalue weighted by Gasteiger charge is -2.32. The van der Waals surface area contributed by atoms with E-state index in [1.54, 1.807) is 25.3 Å². The molecule has 2 aromatic rings. The van der Waals surface area contributed by atoms with Crippen molar-refractivity contribution in [3.05, 3.63) is 35.7 Å². The Balaban J connectivity index is 1.70. The molecule has 0 saturated carbocycles. The fourth-order valence-electron chi connectivity index (χ4n) is 3.94. The minimum absolute atomic E-state index is 0.0602. The van der Waals surface area contributed by atoms with Crippen molar-refractivity contribution in [3.8, 4) is 11.5 Å². The van der Waals surface area contributed by atoms with Crippen LogP contribution in [0, 0.1) is 0 Å². The first-order chi connectivity index (χ1) is 14.1. The van der Waals surface area contributed by atoms with E-state index in [2.05, 4.69) is 21.3 Å². The van der Waals surface area contributed by atoms with Crippen LogP contribution in [0.5, 0.6) is 11.5 Å². The topological polar surface area (TPSA) is 72.7 Å². The molecule has 0 aliphatic carbocycles. The summed E-state index contributed by atoms with van der Waals surface area (Å²) in [6.07, 6.45) is 3.88. The Morgan fingerprint density at radius 2 is 2.03 bits per heavy atom. The summed E-state index contributed by atoms with van der Waals surface area (Å²) in [4.78, 5) is 16.7. The Labute approximate surface area is 172 Å². The summed E-state index contributed by atoms with van der Waals surface area (Å²) in [5, 5.41) is 8.40. The van der Waals surface area contributed by atoms with Crippen molar-refractivity contribution in [2.24, 2.45) is 0 Å². The molecule has 1 atom stereocenters. The molecular formula is C21H31N5O3. The molecule has 1 aliphatic rings. The third-order valence-corrected chi connectivity index (χ3v) is 5.51. The molecule has 0 bridgehead atoms. The minimum Gasteiger partial charge on any atom is -0.493 e. The Morgan fingerprint density at radius 1 is 1.24 bits per heavy atom. The molecular weight excluding hydrogens is 370 g/mol. The first kappa shape index (κ1) is 21.1. The highest BCUT2D eigenvalue weighted by atomic mass is 16.5. The van der Waals surface area contributed by atoms with Gasteiger partial charge in [-0.3, -0.25) is 9.69 Å². The van der Waals surface area contributed by atoms with Crippen LogP contribution in [-0.4, -0.2) is 71.1 Å². The van der Waals surface area contributed by atoms with Crippen molar-refractivity contribution in [3.63, 3.8) is 0 Å². The number of aromatic nitrogens is 3. The molecule has 8 heteroatoms. The highest BCUT2D eigenvalue weighted by Gasteiger charge is 2.25. The number of ether oxygens (including phenoxy) is 2. The van der Waals surface area contributed by atoms with Gasteiger partial charge in [0.15, 0.2) is 17.2 Å². The van der Waals surface area contributed by atoms with Crippen molar-refractivity contribution in [1.82, 2.24) is 24.8 Å². The van der Waals surface area contributed by atoms with E-state index in [1.165, 1.54) is 0 Å². The van der Waals surface area contributed by atoms with Gasteiger partial charge < -0.3 is 14.4 Å². The van der Waals surface area contributed by atoms with E-state index < -0.39 is 0 Å². The molecule has 158 valence electrons. The molecule has 0 N–H and O–H groups in total. The van der Waals surface area contributed by atoms with Gasteiger partial charge in [-0.25, -0.2) is 4.68 Å². The van der Waals surface area contributed by atoms with Crippen LogP contribution in [0.25, 0.3) is 0 Å². The van der Waals surface area contributed by atoms with Crippen molar-refractivity contribution >= 4 is 5.91 Å². The number of para-hydroxylation sites is 1. The van der Waals surface area contributed by atoms with Crippen molar-refractivity contribution in [2.75, 3.05) is 40.4 Å². The summed E-state index contributed by atoms with van der Waals surface area (Å²) < 4.78 is 12.8. The zero-order chi connectivity index (χ0) is 20.8. The van der Waals surface area contributed by atoms with E-state index >= 15 is 0 Å². The molecule has 1 aromatic carbocycles. The summed E-state index contributed by atoms with van der Waals surface area (Å²) >= 11 is 0. The van der Waals surface area contributed by atoms with Gasteiger partial charge in [-0.15, -0.1) is 5.10 Å². The Kier molecular flexibility index (Phi) is 7.09. The molecule has 1 saturated heterocycles.